The van der Waals surface area contributed by atoms with Gasteiger partial charge >= 0.3 is 0 Å². The molecule has 0 aliphatic carbocycles. The molecule has 0 unspecified atom stereocenters. The molecule has 7 heteroatoms. The van der Waals surface area contributed by atoms with Crippen molar-refractivity contribution < 1.29 is 0 Å². The molecule has 1 aliphatic rings. The third kappa shape index (κ3) is 2.77. The van der Waals surface area contributed by atoms with Crippen LogP contribution in [0.15, 0.2) is 18.6 Å². The van der Waals surface area contributed by atoms with E-state index in [0.717, 1.165) is 50.2 Å². The molecule has 2 aromatic heterocycles. The molecular weight excluding hydrogens is 254 g/mol. The van der Waals surface area contributed by atoms with Gasteiger partial charge in [-0.3, -0.25) is 4.90 Å². The van der Waals surface area contributed by atoms with Crippen molar-refractivity contribution >= 4 is 5.95 Å². The highest BCUT2D eigenvalue weighted by Gasteiger charge is 2.20. The maximum Gasteiger partial charge on any atom is 0.225 e. The Hall–Kier alpha value is -2.02. The zero-order valence-electron chi connectivity index (χ0n) is 11.9. The van der Waals surface area contributed by atoms with Gasteiger partial charge in [-0.25, -0.2) is 9.97 Å². The van der Waals surface area contributed by atoms with E-state index in [-0.39, 0.29) is 0 Å². The van der Waals surface area contributed by atoms with Crippen LogP contribution in [-0.2, 0) is 13.6 Å². The van der Waals surface area contributed by atoms with Gasteiger partial charge in [0.15, 0.2) is 0 Å². The van der Waals surface area contributed by atoms with Crippen molar-refractivity contribution in [2.75, 3.05) is 31.1 Å². The summed E-state index contributed by atoms with van der Waals surface area (Å²) in [5, 5.41) is 8.05. The molecule has 7 nitrogen and oxygen atoms in total. The lowest BCUT2D eigenvalue weighted by molar-refractivity contribution is 0.240. The van der Waals surface area contributed by atoms with Crippen LogP contribution in [-0.4, -0.2) is 55.8 Å². The summed E-state index contributed by atoms with van der Waals surface area (Å²) in [6.07, 6.45) is 3.57. The molecule has 3 rings (SSSR count). The van der Waals surface area contributed by atoms with Crippen molar-refractivity contribution in [3.05, 3.63) is 30.1 Å². The van der Waals surface area contributed by atoms with Gasteiger partial charge in [-0.05, 0) is 13.0 Å². The Morgan fingerprint density at radius 1 is 1.20 bits per heavy atom. The van der Waals surface area contributed by atoms with Crippen LogP contribution in [0.1, 0.15) is 11.5 Å². The Labute approximate surface area is 118 Å². The largest absolute Gasteiger partial charge is 0.338 e. The molecule has 0 N–H and O–H groups in total. The summed E-state index contributed by atoms with van der Waals surface area (Å²) in [5.74, 6) is 1.84. The summed E-state index contributed by atoms with van der Waals surface area (Å²) in [5.41, 5.74) is 1.01. The second kappa shape index (κ2) is 5.54. The number of anilines is 1. The second-order valence-electron chi connectivity index (χ2n) is 5.12. The fourth-order valence-electron chi connectivity index (χ4n) is 2.34. The summed E-state index contributed by atoms with van der Waals surface area (Å²) < 4.78 is 1.97. The molecule has 0 bridgehead atoms. The van der Waals surface area contributed by atoms with E-state index in [4.69, 9.17) is 0 Å². The second-order valence-corrected chi connectivity index (χ2v) is 5.12. The van der Waals surface area contributed by atoms with E-state index in [0.29, 0.717) is 0 Å². The van der Waals surface area contributed by atoms with E-state index < -0.39 is 0 Å². The van der Waals surface area contributed by atoms with Crippen LogP contribution in [0.5, 0.6) is 0 Å². The van der Waals surface area contributed by atoms with Gasteiger partial charge in [-0.1, -0.05) is 0 Å². The van der Waals surface area contributed by atoms with Crippen molar-refractivity contribution in [1.82, 2.24) is 29.6 Å². The van der Waals surface area contributed by atoms with E-state index in [1.807, 2.05) is 30.8 Å². The molecule has 2 aromatic rings. The van der Waals surface area contributed by atoms with Crippen LogP contribution in [0.2, 0.25) is 0 Å². The lowest BCUT2D eigenvalue weighted by Gasteiger charge is -2.34. The lowest BCUT2D eigenvalue weighted by Crippen LogP contribution is -2.46. The fourth-order valence-corrected chi connectivity index (χ4v) is 2.34. The van der Waals surface area contributed by atoms with Gasteiger partial charge in [0.25, 0.3) is 0 Å². The minimum absolute atomic E-state index is 0.836. The molecule has 0 atom stereocenters. The fraction of sp³-hybridized carbons (Fsp3) is 0.538. The van der Waals surface area contributed by atoms with E-state index in [1.54, 1.807) is 6.33 Å². The molecule has 0 radical (unpaired) electrons. The monoisotopic (exact) mass is 273 g/mol. The Morgan fingerprint density at radius 3 is 2.65 bits per heavy atom. The summed E-state index contributed by atoms with van der Waals surface area (Å²) >= 11 is 0. The van der Waals surface area contributed by atoms with Gasteiger partial charge < -0.3 is 9.47 Å². The van der Waals surface area contributed by atoms with Crippen molar-refractivity contribution in [2.24, 2.45) is 7.05 Å². The van der Waals surface area contributed by atoms with E-state index >= 15 is 0 Å². The van der Waals surface area contributed by atoms with Crippen molar-refractivity contribution in [2.45, 2.75) is 13.5 Å². The maximum absolute atomic E-state index is 4.48. The van der Waals surface area contributed by atoms with Crippen molar-refractivity contribution in [3.63, 3.8) is 0 Å². The Bertz CT molecular complexity index is 572. The SMILES string of the molecule is Cc1ccnc(N2CCN(Cc3nncn3C)CC2)n1. The molecule has 20 heavy (non-hydrogen) atoms. The standard InChI is InChI=1S/C13H19N7/c1-11-3-4-14-13(16-11)20-7-5-19(6-8-20)9-12-17-15-10-18(12)2/h3-4,10H,5-9H2,1-2H3. The Balaban J connectivity index is 1.58. The molecule has 0 aromatic carbocycles. The van der Waals surface area contributed by atoms with Crippen LogP contribution in [0.4, 0.5) is 5.95 Å². The maximum atomic E-state index is 4.48. The molecule has 1 aliphatic heterocycles. The highest BCUT2D eigenvalue weighted by Crippen LogP contribution is 2.12. The minimum atomic E-state index is 0.836. The number of hydrogen-bond acceptors (Lipinski definition) is 6. The van der Waals surface area contributed by atoms with Crippen molar-refractivity contribution in [3.8, 4) is 0 Å². The molecule has 106 valence electrons. The van der Waals surface area contributed by atoms with Crippen LogP contribution in [0, 0.1) is 6.92 Å². The van der Waals surface area contributed by atoms with Gasteiger partial charge in [0.05, 0.1) is 6.54 Å². The van der Waals surface area contributed by atoms with E-state index in [2.05, 4.69) is 30.0 Å². The number of hydrogen-bond donors (Lipinski definition) is 0. The zero-order chi connectivity index (χ0) is 13.9. The van der Waals surface area contributed by atoms with Gasteiger partial charge in [0, 0.05) is 45.1 Å². The number of rotatable bonds is 3. The predicted molar refractivity (Wildman–Crippen MR) is 75.3 cm³/mol. The molecular formula is C13H19N7. The van der Waals surface area contributed by atoms with Crippen LogP contribution in [0.3, 0.4) is 0 Å². The molecule has 3 heterocycles. The average molecular weight is 273 g/mol. The lowest BCUT2D eigenvalue weighted by atomic mass is 10.3. The number of aromatic nitrogens is 5. The summed E-state index contributed by atoms with van der Waals surface area (Å²) in [6.45, 7) is 6.71. The topological polar surface area (TPSA) is 63.0 Å². The van der Waals surface area contributed by atoms with Gasteiger partial charge in [-0.2, -0.15) is 0 Å². The van der Waals surface area contributed by atoms with Crippen LogP contribution < -0.4 is 4.90 Å². The van der Waals surface area contributed by atoms with Crippen molar-refractivity contribution in [1.29, 1.82) is 0 Å². The predicted octanol–water partition coefficient (Wildman–Crippen LogP) is 0.236. The first kappa shape index (κ1) is 13.0. The average Bonchev–Trinajstić information content (AvgIpc) is 2.85. The normalized spacial score (nSPS) is 16.6. The zero-order valence-corrected chi connectivity index (χ0v) is 11.9. The number of piperazine rings is 1. The quantitative estimate of drug-likeness (QED) is 0.798. The van der Waals surface area contributed by atoms with Gasteiger partial charge in [-0.15, -0.1) is 10.2 Å². The molecule has 0 spiro atoms. The molecule has 0 amide bonds. The number of aryl methyl sites for hydroxylation is 2. The third-order valence-electron chi connectivity index (χ3n) is 3.61. The molecule has 0 saturated carbocycles. The van der Waals surface area contributed by atoms with Crippen LogP contribution in [0.25, 0.3) is 0 Å². The Kier molecular flexibility index (Phi) is 3.60. The van der Waals surface area contributed by atoms with E-state index in [1.165, 1.54) is 0 Å². The highest BCUT2D eigenvalue weighted by molar-refractivity contribution is 5.30. The summed E-state index contributed by atoms with van der Waals surface area (Å²) in [6, 6.07) is 1.92. The number of nitrogens with zero attached hydrogens (tertiary/aromatic N) is 7. The minimum Gasteiger partial charge on any atom is -0.338 e. The highest BCUT2D eigenvalue weighted by atomic mass is 15.3. The van der Waals surface area contributed by atoms with Gasteiger partial charge in [0.1, 0.15) is 12.2 Å². The Morgan fingerprint density at radius 2 is 2.00 bits per heavy atom. The molecule has 1 saturated heterocycles. The van der Waals surface area contributed by atoms with Crippen LogP contribution >= 0.6 is 0 Å². The summed E-state index contributed by atoms with van der Waals surface area (Å²) in [4.78, 5) is 13.5. The first-order chi connectivity index (χ1) is 9.72. The van der Waals surface area contributed by atoms with E-state index in [9.17, 15) is 0 Å². The first-order valence-corrected chi connectivity index (χ1v) is 6.82. The third-order valence-corrected chi connectivity index (χ3v) is 3.61. The first-order valence-electron chi connectivity index (χ1n) is 6.82. The van der Waals surface area contributed by atoms with Gasteiger partial charge in [0.2, 0.25) is 5.95 Å². The summed E-state index contributed by atoms with van der Waals surface area (Å²) in [7, 11) is 1.98. The molecule has 1 fully saturated rings. The smallest absolute Gasteiger partial charge is 0.225 e.